The fraction of sp³-hybridized carbons (Fsp3) is 0.273. The molecule has 0 amide bonds. The number of rotatable bonds is 5. The quantitative estimate of drug-likeness (QED) is 0.367. The molecular weight excluding hydrogens is 414 g/mol. The molecule has 0 spiro atoms. The molecule has 0 radical (unpaired) electrons. The average molecular weight is 438 g/mol. The third-order valence-corrected chi connectivity index (χ3v) is 6.15. The van der Waals surface area contributed by atoms with E-state index in [0.29, 0.717) is 16.5 Å². The molecule has 1 saturated heterocycles. The predicted molar refractivity (Wildman–Crippen MR) is 122 cm³/mol. The molecule has 3 heterocycles. The van der Waals surface area contributed by atoms with Gasteiger partial charge in [-0.05, 0) is 62.0 Å². The highest BCUT2D eigenvalue weighted by Gasteiger charge is 2.39. The summed E-state index contributed by atoms with van der Waals surface area (Å²) in [6, 6.07) is 12.5. The van der Waals surface area contributed by atoms with Gasteiger partial charge in [-0.1, -0.05) is 6.07 Å². The van der Waals surface area contributed by atoms with Gasteiger partial charge in [0.2, 0.25) is 0 Å². The fourth-order valence-electron chi connectivity index (χ4n) is 4.27. The summed E-state index contributed by atoms with van der Waals surface area (Å²) in [5.41, 5.74) is 4.22. The van der Waals surface area contributed by atoms with E-state index in [-0.39, 0.29) is 22.7 Å². The van der Waals surface area contributed by atoms with E-state index < -0.39 is 0 Å². The summed E-state index contributed by atoms with van der Waals surface area (Å²) in [5.74, 6) is 0.443. The van der Waals surface area contributed by atoms with Crippen LogP contribution in [0.25, 0.3) is 5.69 Å². The number of ether oxygens (including phenoxy) is 1. The van der Waals surface area contributed by atoms with Gasteiger partial charge in [0.1, 0.15) is 11.4 Å². The molecule has 4 rings (SSSR count). The Morgan fingerprint density at radius 3 is 2.65 bits per heavy atom. The van der Waals surface area contributed by atoms with Gasteiger partial charge in [-0.25, -0.2) is 0 Å². The van der Waals surface area contributed by atoms with Gasteiger partial charge in [0.15, 0.2) is 5.11 Å². The van der Waals surface area contributed by atoms with Crippen LogP contribution in [0.1, 0.15) is 34.7 Å². The third-order valence-electron chi connectivity index (χ3n) is 5.75. The topological polar surface area (TPSA) is 85.5 Å². The monoisotopic (exact) mass is 437 g/mol. The van der Waals surface area contributed by atoms with Gasteiger partial charge in [0.25, 0.3) is 5.69 Å². The first-order valence-corrected chi connectivity index (χ1v) is 10.2. The molecule has 1 fully saturated rings. The van der Waals surface area contributed by atoms with Gasteiger partial charge in [-0.15, -0.1) is 0 Å². The number of likely N-dealkylation sites (N-methyl/N-ethyl adjacent to an activating group) is 1. The lowest BCUT2D eigenvalue weighted by molar-refractivity contribution is -0.384. The highest BCUT2D eigenvalue weighted by Crippen LogP contribution is 2.41. The van der Waals surface area contributed by atoms with E-state index in [4.69, 9.17) is 17.0 Å². The zero-order valence-electron chi connectivity index (χ0n) is 17.7. The Labute approximate surface area is 185 Å². The Morgan fingerprint density at radius 1 is 1.23 bits per heavy atom. The molecule has 9 heteroatoms. The first-order chi connectivity index (χ1) is 14.8. The number of pyridine rings is 1. The molecule has 160 valence electrons. The Bertz CT molecular complexity index is 1160. The summed E-state index contributed by atoms with van der Waals surface area (Å²) in [4.78, 5) is 17.9. The number of nitro benzene ring substituents is 1. The van der Waals surface area contributed by atoms with Gasteiger partial charge in [-0.2, -0.15) is 0 Å². The largest absolute Gasteiger partial charge is 0.496 e. The van der Waals surface area contributed by atoms with Crippen LogP contribution in [0.4, 0.5) is 5.69 Å². The molecule has 1 aromatic carbocycles. The summed E-state index contributed by atoms with van der Waals surface area (Å²) in [5, 5.41) is 15.8. The minimum Gasteiger partial charge on any atom is -0.496 e. The lowest BCUT2D eigenvalue weighted by Gasteiger charge is -2.24. The number of nitrogens with one attached hydrogen (secondary N) is 1. The number of aryl methyl sites for hydroxylation is 1. The van der Waals surface area contributed by atoms with Crippen LogP contribution in [0.3, 0.4) is 0 Å². The predicted octanol–water partition coefficient (Wildman–Crippen LogP) is 4.01. The van der Waals surface area contributed by atoms with Gasteiger partial charge in [0.05, 0.1) is 35.9 Å². The number of nitrogens with zero attached hydrogens (tertiary/aromatic N) is 4. The van der Waals surface area contributed by atoms with Gasteiger partial charge >= 0.3 is 0 Å². The van der Waals surface area contributed by atoms with E-state index in [0.717, 1.165) is 22.6 Å². The van der Waals surface area contributed by atoms with Crippen molar-refractivity contribution < 1.29 is 9.66 Å². The molecular formula is C22H23N5O3S. The molecule has 2 aromatic heterocycles. The molecule has 31 heavy (non-hydrogen) atoms. The third kappa shape index (κ3) is 3.50. The van der Waals surface area contributed by atoms with Crippen LogP contribution in [-0.4, -0.2) is 38.6 Å². The Morgan fingerprint density at radius 2 is 2.00 bits per heavy atom. The van der Waals surface area contributed by atoms with Crippen LogP contribution >= 0.6 is 12.2 Å². The maximum Gasteiger partial charge on any atom is 0.296 e. The van der Waals surface area contributed by atoms with Crippen LogP contribution in [0.15, 0.2) is 48.7 Å². The molecule has 8 nitrogen and oxygen atoms in total. The second-order valence-electron chi connectivity index (χ2n) is 7.51. The smallest absolute Gasteiger partial charge is 0.296 e. The number of aromatic nitrogens is 2. The number of nitro groups is 1. The summed E-state index contributed by atoms with van der Waals surface area (Å²) in [6.45, 7) is 3.92. The minimum absolute atomic E-state index is 0.0117. The van der Waals surface area contributed by atoms with Crippen molar-refractivity contribution >= 4 is 23.0 Å². The SMILES string of the molecule is COc1ccc(-n2c(C)cc([C@@H]3[C@@H](c4ccccn4)NC(=S)N3C)c2C)c([N+](=O)[O-])c1. The maximum atomic E-state index is 11.8. The Kier molecular flexibility index (Phi) is 5.36. The number of hydrogen-bond donors (Lipinski definition) is 1. The summed E-state index contributed by atoms with van der Waals surface area (Å²) in [7, 11) is 3.44. The van der Waals surface area contributed by atoms with E-state index in [1.165, 1.54) is 13.2 Å². The summed E-state index contributed by atoms with van der Waals surface area (Å²) in [6.07, 6.45) is 1.76. The van der Waals surface area contributed by atoms with Crippen molar-refractivity contribution in [3.05, 3.63) is 81.4 Å². The Hall–Kier alpha value is -3.46. The molecule has 1 aliphatic rings. The van der Waals surface area contributed by atoms with Crippen LogP contribution < -0.4 is 10.1 Å². The molecule has 1 N–H and O–H groups in total. The number of methoxy groups -OCH3 is 1. The van der Waals surface area contributed by atoms with E-state index in [1.54, 1.807) is 18.3 Å². The fourth-order valence-corrected chi connectivity index (χ4v) is 4.51. The normalized spacial score (nSPS) is 18.2. The molecule has 0 bridgehead atoms. The van der Waals surface area contributed by atoms with Crippen molar-refractivity contribution in [2.45, 2.75) is 25.9 Å². The average Bonchev–Trinajstić information content (AvgIpc) is 3.22. The van der Waals surface area contributed by atoms with E-state index in [1.807, 2.05) is 48.6 Å². The number of hydrogen-bond acceptors (Lipinski definition) is 5. The van der Waals surface area contributed by atoms with Crippen LogP contribution in [0.2, 0.25) is 0 Å². The number of benzene rings is 1. The van der Waals surface area contributed by atoms with Crippen LogP contribution in [0, 0.1) is 24.0 Å². The Balaban J connectivity index is 1.85. The van der Waals surface area contributed by atoms with E-state index >= 15 is 0 Å². The maximum absolute atomic E-state index is 11.8. The highest BCUT2D eigenvalue weighted by molar-refractivity contribution is 7.80. The van der Waals surface area contributed by atoms with Gasteiger partial charge in [0, 0.05) is 24.6 Å². The first-order valence-electron chi connectivity index (χ1n) is 9.79. The molecule has 0 saturated carbocycles. The van der Waals surface area contributed by atoms with Gasteiger partial charge in [-0.3, -0.25) is 15.1 Å². The minimum atomic E-state index is -0.383. The summed E-state index contributed by atoms with van der Waals surface area (Å²) >= 11 is 5.53. The van der Waals surface area contributed by atoms with Crippen molar-refractivity contribution in [3.8, 4) is 11.4 Å². The van der Waals surface area contributed by atoms with Crippen molar-refractivity contribution in [1.82, 2.24) is 19.8 Å². The second kappa shape index (κ2) is 7.99. The molecule has 3 aromatic rings. The van der Waals surface area contributed by atoms with Crippen molar-refractivity contribution in [3.63, 3.8) is 0 Å². The van der Waals surface area contributed by atoms with E-state index in [9.17, 15) is 10.1 Å². The molecule has 0 aliphatic carbocycles. The summed E-state index contributed by atoms with van der Waals surface area (Å²) < 4.78 is 7.10. The van der Waals surface area contributed by atoms with Crippen molar-refractivity contribution in [2.75, 3.05) is 14.2 Å². The molecule has 1 aliphatic heterocycles. The highest BCUT2D eigenvalue weighted by atomic mass is 32.1. The van der Waals surface area contributed by atoms with Crippen LogP contribution in [0.5, 0.6) is 5.75 Å². The van der Waals surface area contributed by atoms with Crippen molar-refractivity contribution in [1.29, 1.82) is 0 Å². The number of thiocarbonyl (C=S) groups is 1. The van der Waals surface area contributed by atoms with Gasteiger partial charge < -0.3 is 19.5 Å². The molecule has 0 unspecified atom stereocenters. The lowest BCUT2D eigenvalue weighted by Crippen LogP contribution is -2.25. The zero-order chi connectivity index (χ0) is 22.3. The van der Waals surface area contributed by atoms with Crippen LogP contribution in [-0.2, 0) is 0 Å². The van der Waals surface area contributed by atoms with Crippen molar-refractivity contribution in [2.24, 2.45) is 0 Å². The second-order valence-corrected chi connectivity index (χ2v) is 7.90. The standard InChI is InChI=1S/C22H23N5O3S/c1-13-11-16(21-20(24-22(31)25(21)3)17-7-5-6-10-23-17)14(2)26(13)18-9-8-15(30-4)12-19(18)27(28)29/h5-12,20-21H,1-4H3,(H,24,31)/t20-,21-/m1/s1. The lowest BCUT2D eigenvalue weighted by atomic mass is 9.97. The van der Waals surface area contributed by atoms with E-state index in [2.05, 4.69) is 16.4 Å². The first kappa shape index (κ1) is 20.8. The zero-order valence-corrected chi connectivity index (χ0v) is 18.5. The molecule has 2 atom stereocenters.